The lowest BCUT2D eigenvalue weighted by molar-refractivity contribution is -0.116. The average Bonchev–Trinajstić information content (AvgIpc) is 3.00. The summed E-state index contributed by atoms with van der Waals surface area (Å²) in [5, 5.41) is 8.57. The van der Waals surface area contributed by atoms with E-state index >= 15 is 0 Å². The summed E-state index contributed by atoms with van der Waals surface area (Å²) in [6.07, 6.45) is 6.08. The number of aromatic nitrogens is 4. The molecular formula is C18H26N6O. The van der Waals surface area contributed by atoms with Gasteiger partial charge in [0, 0.05) is 45.6 Å². The third-order valence-electron chi connectivity index (χ3n) is 5.26. The molecule has 2 fully saturated rings. The summed E-state index contributed by atoms with van der Waals surface area (Å²) in [5.41, 5.74) is 0.833. The predicted octanol–water partition coefficient (Wildman–Crippen LogP) is 1.39. The Hall–Kier alpha value is -1.99. The number of imidazole rings is 1. The summed E-state index contributed by atoms with van der Waals surface area (Å²) >= 11 is 0. The fraction of sp³-hybridized carbons (Fsp3) is 0.611. The number of rotatable bonds is 3. The number of morpholine rings is 1. The van der Waals surface area contributed by atoms with Crippen LogP contribution in [0.5, 0.6) is 0 Å². The number of anilines is 1. The molecule has 0 aromatic carbocycles. The van der Waals surface area contributed by atoms with Crippen molar-refractivity contribution in [1.82, 2.24) is 24.6 Å². The largest absolute Gasteiger partial charge is 0.370 e. The van der Waals surface area contributed by atoms with Gasteiger partial charge in [-0.2, -0.15) is 5.10 Å². The normalized spacial score (nSPS) is 24.8. The van der Waals surface area contributed by atoms with E-state index in [0.717, 1.165) is 69.5 Å². The van der Waals surface area contributed by atoms with Gasteiger partial charge in [-0.25, -0.2) is 4.98 Å². The number of hydrogen-bond acceptors (Lipinski definition) is 6. The van der Waals surface area contributed by atoms with Crippen molar-refractivity contribution in [3.63, 3.8) is 0 Å². The Kier molecular flexibility index (Phi) is 4.43. The fourth-order valence-electron chi connectivity index (χ4n) is 3.91. The zero-order valence-corrected chi connectivity index (χ0v) is 15.1. The lowest BCUT2D eigenvalue weighted by Crippen LogP contribution is -2.59. The Bertz CT molecular complexity index is 711. The molecule has 0 bridgehead atoms. The molecule has 7 nitrogen and oxygen atoms in total. The zero-order valence-electron chi connectivity index (χ0n) is 15.1. The summed E-state index contributed by atoms with van der Waals surface area (Å²) in [5.74, 6) is 2.06. The Morgan fingerprint density at radius 3 is 2.88 bits per heavy atom. The van der Waals surface area contributed by atoms with Crippen molar-refractivity contribution in [2.75, 3.05) is 37.7 Å². The lowest BCUT2D eigenvalue weighted by atomic mass is 9.90. The van der Waals surface area contributed by atoms with Crippen LogP contribution >= 0.6 is 0 Å². The van der Waals surface area contributed by atoms with E-state index in [1.807, 2.05) is 25.4 Å². The van der Waals surface area contributed by atoms with Crippen molar-refractivity contribution in [3.05, 3.63) is 36.0 Å². The summed E-state index contributed by atoms with van der Waals surface area (Å²) in [4.78, 5) is 9.25. The van der Waals surface area contributed by atoms with Gasteiger partial charge < -0.3 is 14.2 Å². The van der Waals surface area contributed by atoms with Crippen LogP contribution in [0.25, 0.3) is 0 Å². The van der Waals surface area contributed by atoms with Gasteiger partial charge in [-0.3, -0.25) is 4.90 Å². The highest BCUT2D eigenvalue weighted by Gasteiger charge is 2.41. The van der Waals surface area contributed by atoms with E-state index in [4.69, 9.17) is 4.74 Å². The summed E-state index contributed by atoms with van der Waals surface area (Å²) in [7, 11) is 2.05. The van der Waals surface area contributed by atoms with Crippen LogP contribution in [0.3, 0.4) is 0 Å². The van der Waals surface area contributed by atoms with Crippen LogP contribution in [-0.4, -0.2) is 63.0 Å². The van der Waals surface area contributed by atoms with Gasteiger partial charge in [-0.05, 0) is 31.9 Å². The molecule has 0 N–H and O–H groups in total. The zero-order chi connectivity index (χ0) is 17.3. The molecule has 2 saturated heterocycles. The second-order valence-corrected chi connectivity index (χ2v) is 7.25. The highest BCUT2D eigenvalue weighted by atomic mass is 16.5. The molecule has 7 heteroatoms. The minimum atomic E-state index is -0.117. The number of nitrogens with zero attached hydrogens (tertiary/aromatic N) is 6. The van der Waals surface area contributed by atoms with Gasteiger partial charge in [0.1, 0.15) is 5.82 Å². The molecule has 1 spiro atoms. The Labute approximate surface area is 148 Å². The van der Waals surface area contributed by atoms with E-state index in [1.54, 1.807) is 0 Å². The van der Waals surface area contributed by atoms with Crippen LogP contribution in [0.4, 0.5) is 5.82 Å². The molecule has 4 heterocycles. The maximum Gasteiger partial charge on any atom is 0.151 e. The highest BCUT2D eigenvalue weighted by Crippen LogP contribution is 2.31. The predicted molar refractivity (Wildman–Crippen MR) is 95.4 cm³/mol. The maximum atomic E-state index is 6.30. The first-order valence-electron chi connectivity index (χ1n) is 9.01. The molecule has 2 aliphatic rings. The van der Waals surface area contributed by atoms with Crippen LogP contribution in [0.15, 0.2) is 24.5 Å². The Morgan fingerprint density at radius 1 is 1.20 bits per heavy atom. The number of ether oxygens (including phenoxy) is 1. The second kappa shape index (κ2) is 6.72. The quantitative estimate of drug-likeness (QED) is 0.840. The van der Waals surface area contributed by atoms with Crippen molar-refractivity contribution in [3.8, 4) is 0 Å². The van der Waals surface area contributed by atoms with Crippen LogP contribution in [0, 0.1) is 6.92 Å². The van der Waals surface area contributed by atoms with Gasteiger partial charge in [0.05, 0.1) is 24.4 Å². The minimum Gasteiger partial charge on any atom is -0.370 e. The molecule has 2 aliphatic heterocycles. The SMILES string of the molecule is Cc1ccc(N2CCCC3(CN(Cc4nccn4C)CCO3)C2)nn1. The van der Waals surface area contributed by atoms with Crippen LogP contribution in [-0.2, 0) is 18.3 Å². The third-order valence-corrected chi connectivity index (χ3v) is 5.26. The number of hydrogen-bond donors (Lipinski definition) is 0. The number of aryl methyl sites for hydroxylation is 2. The summed E-state index contributed by atoms with van der Waals surface area (Å²) in [6.45, 7) is 7.41. The summed E-state index contributed by atoms with van der Waals surface area (Å²) < 4.78 is 8.40. The lowest BCUT2D eigenvalue weighted by Gasteiger charge is -2.48. The third kappa shape index (κ3) is 3.52. The Morgan fingerprint density at radius 2 is 2.12 bits per heavy atom. The van der Waals surface area contributed by atoms with Crippen LogP contribution < -0.4 is 4.90 Å². The van der Waals surface area contributed by atoms with Crippen LogP contribution in [0.2, 0.25) is 0 Å². The van der Waals surface area contributed by atoms with Crippen molar-refractivity contribution >= 4 is 5.82 Å². The van der Waals surface area contributed by atoms with Gasteiger partial charge in [0.15, 0.2) is 5.82 Å². The van der Waals surface area contributed by atoms with Gasteiger partial charge in [0.2, 0.25) is 0 Å². The van der Waals surface area contributed by atoms with Gasteiger partial charge >= 0.3 is 0 Å². The van der Waals surface area contributed by atoms with Crippen molar-refractivity contribution in [2.24, 2.45) is 7.05 Å². The smallest absolute Gasteiger partial charge is 0.151 e. The number of piperidine rings is 1. The molecule has 1 unspecified atom stereocenters. The molecule has 1 atom stereocenters. The van der Waals surface area contributed by atoms with Gasteiger partial charge in [0.25, 0.3) is 0 Å². The molecule has 134 valence electrons. The molecule has 0 saturated carbocycles. The molecular weight excluding hydrogens is 316 g/mol. The molecule has 2 aromatic heterocycles. The first kappa shape index (κ1) is 16.5. The van der Waals surface area contributed by atoms with Crippen molar-refractivity contribution in [2.45, 2.75) is 31.9 Å². The average molecular weight is 342 g/mol. The van der Waals surface area contributed by atoms with Gasteiger partial charge in [-0.15, -0.1) is 5.10 Å². The molecule has 4 rings (SSSR count). The van der Waals surface area contributed by atoms with E-state index in [-0.39, 0.29) is 5.60 Å². The topological polar surface area (TPSA) is 59.3 Å². The molecule has 2 aromatic rings. The van der Waals surface area contributed by atoms with E-state index in [1.165, 1.54) is 0 Å². The maximum absolute atomic E-state index is 6.30. The Balaban J connectivity index is 1.46. The highest BCUT2D eigenvalue weighted by molar-refractivity contribution is 5.38. The summed E-state index contributed by atoms with van der Waals surface area (Å²) in [6, 6.07) is 4.09. The van der Waals surface area contributed by atoms with Crippen molar-refractivity contribution in [1.29, 1.82) is 0 Å². The fourth-order valence-corrected chi connectivity index (χ4v) is 3.91. The molecule has 0 aliphatic carbocycles. The van der Waals surface area contributed by atoms with E-state index in [0.29, 0.717) is 0 Å². The van der Waals surface area contributed by atoms with Gasteiger partial charge in [-0.1, -0.05) is 0 Å². The van der Waals surface area contributed by atoms with E-state index in [9.17, 15) is 0 Å². The van der Waals surface area contributed by atoms with Crippen LogP contribution in [0.1, 0.15) is 24.4 Å². The second-order valence-electron chi connectivity index (χ2n) is 7.25. The van der Waals surface area contributed by atoms with Crippen molar-refractivity contribution < 1.29 is 4.74 Å². The standard InChI is InChI=1S/C18H26N6O/c1-15-4-5-16(21-20-15)24-8-3-6-18(14-24)13-23(10-11-25-18)12-17-19-7-9-22(17)2/h4-5,7,9H,3,6,8,10-14H2,1-2H3. The molecule has 0 amide bonds. The first-order chi connectivity index (χ1) is 12.1. The van der Waals surface area contributed by atoms with E-state index < -0.39 is 0 Å². The monoisotopic (exact) mass is 342 g/mol. The molecule has 0 radical (unpaired) electrons. The minimum absolute atomic E-state index is 0.117. The molecule has 25 heavy (non-hydrogen) atoms. The first-order valence-corrected chi connectivity index (χ1v) is 9.01. The van der Waals surface area contributed by atoms with E-state index in [2.05, 4.69) is 42.7 Å².